The maximum absolute atomic E-state index is 14.0. The first-order chi connectivity index (χ1) is 58.4. The fraction of sp³-hybridized carbons (Fsp3) is 0.261. The van der Waals surface area contributed by atoms with Crippen LogP contribution < -0.4 is 33.2 Å². The van der Waals surface area contributed by atoms with Crippen molar-refractivity contribution in [1.29, 1.82) is 0 Å². The van der Waals surface area contributed by atoms with E-state index in [-0.39, 0.29) is 70.2 Å². The molecular weight excluding hydrogens is 1580 g/mol. The summed E-state index contributed by atoms with van der Waals surface area (Å²) < 4.78 is 132. The van der Waals surface area contributed by atoms with Crippen LogP contribution in [0.5, 0.6) is 0 Å². The van der Waals surface area contributed by atoms with Gasteiger partial charge >= 0.3 is 18.5 Å². The maximum atomic E-state index is 14.0. The second-order valence-electron chi connectivity index (χ2n) is 29.7. The van der Waals surface area contributed by atoms with Gasteiger partial charge in [-0.3, -0.25) is 38.7 Å². The van der Waals surface area contributed by atoms with Crippen LogP contribution >= 0.6 is 0 Å². The minimum Gasteiger partial charge on any atom is -0.383 e. The van der Waals surface area contributed by atoms with Crippen LogP contribution in [0.3, 0.4) is 0 Å². The Balaban J connectivity index is 0.000000158. The van der Waals surface area contributed by atoms with Crippen molar-refractivity contribution in [3.05, 3.63) is 277 Å². The number of carbonyl (C=O) groups is 3. The van der Waals surface area contributed by atoms with Crippen molar-refractivity contribution in [2.24, 2.45) is 7.05 Å². The van der Waals surface area contributed by atoms with E-state index in [4.69, 9.17) is 21.9 Å². The summed E-state index contributed by atoms with van der Waals surface area (Å²) in [6.07, 6.45) is -7.27. The predicted molar refractivity (Wildman–Crippen MR) is 454 cm³/mol. The quantitative estimate of drug-likeness (QED) is 0.0463. The highest BCUT2D eigenvalue weighted by Gasteiger charge is 2.37. The normalized spacial score (nSPS) is 14.3. The van der Waals surface area contributed by atoms with Crippen molar-refractivity contribution in [3.8, 4) is 35.5 Å². The summed E-state index contributed by atoms with van der Waals surface area (Å²) in [4.78, 5) is 66.3. The first-order valence-electron chi connectivity index (χ1n) is 39.2. The number of ether oxygens (including phenoxy) is 1. The molecule has 0 unspecified atom stereocenters. The molecule has 626 valence electrons. The highest BCUT2D eigenvalue weighted by atomic mass is 19.4. The molecular formula is C92H86F9N17O4. The van der Waals surface area contributed by atoms with Gasteiger partial charge in [0.1, 0.15) is 28.7 Å². The Morgan fingerprint density at radius 3 is 1.25 bits per heavy atom. The number of aryl methyl sites for hydroxylation is 3. The van der Waals surface area contributed by atoms with Crippen LogP contribution in [0.4, 0.5) is 74.0 Å². The fourth-order valence-corrected chi connectivity index (χ4v) is 14.2. The molecule has 8 heterocycles. The Kier molecular flexibility index (Phi) is 27.0. The average molecular weight is 1660 g/mol. The van der Waals surface area contributed by atoms with Gasteiger partial charge in [0, 0.05) is 189 Å². The number of anilines is 6. The third-order valence-corrected chi connectivity index (χ3v) is 21.2. The highest BCUT2D eigenvalue weighted by Crippen LogP contribution is 2.39. The van der Waals surface area contributed by atoms with Gasteiger partial charge in [-0.2, -0.15) is 44.6 Å². The van der Waals surface area contributed by atoms with E-state index in [0.717, 1.165) is 89.0 Å². The smallest absolute Gasteiger partial charge is 0.383 e. The standard InChI is InChI=1S/C32H31F3N6O.C31H27F3N4O2.C29H28F3N7O/c1-3-40-13-15-41(16-14-40)20-25-10-11-26(18-28(25)32(33,34)35)39-31(42)23-7-6-21(2)22(17-23)8-9-24-19-38-30(36)29-27(24)5-4-12-37-29;1-20-6-7-22(16-21(20)8-9-23-18-36-29(35)27-5-3-2-4-26(23)27)30(39)37-25-11-10-24(28(17-25)31(32,33)34)19-38-12-14-40-15-13-38;1-37-11-13-39(14-12-37)18-20-7-9-21(15-25(20)29(30,31)32)35-28(40)26-16-22(38(2)36-26)10-8-19-17-34-27(33)24-6-4-3-5-23(19)24/h4-7,10-12,17-19H,3,13-16,20H2,1-2H3,(H2,36,38)(H,39,42);2-7,10-11,16-18H,12-15,19H2,1H3,(H2,35,36)(H,37,39);3-7,9,15-17H,11-14,18H2,1-2H3,(H2,33,34)(H,35,40). The number of nitrogens with one attached hydrogen (secondary N) is 3. The van der Waals surface area contributed by atoms with E-state index in [1.807, 2.05) is 90.2 Å². The van der Waals surface area contributed by atoms with E-state index in [1.54, 1.807) is 74.3 Å². The van der Waals surface area contributed by atoms with E-state index >= 15 is 0 Å². The summed E-state index contributed by atoms with van der Waals surface area (Å²) in [5.41, 5.74) is 22.8. The number of nitrogens with two attached hydrogens (primary N) is 3. The largest absolute Gasteiger partial charge is 0.416 e. The number of piperazine rings is 2. The maximum Gasteiger partial charge on any atom is 0.416 e. The molecule has 21 nitrogen and oxygen atoms in total. The minimum atomic E-state index is -4.56. The molecule has 3 amide bonds. The third kappa shape index (κ3) is 21.7. The molecule has 3 aliphatic rings. The number of hydrogen-bond donors (Lipinski definition) is 6. The zero-order valence-corrected chi connectivity index (χ0v) is 67.3. The van der Waals surface area contributed by atoms with Gasteiger partial charge in [-0.1, -0.05) is 115 Å². The molecule has 9 N–H and O–H groups in total. The van der Waals surface area contributed by atoms with Crippen molar-refractivity contribution in [1.82, 2.24) is 54.2 Å². The van der Waals surface area contributed by atoms with Gasteiger partial charge in [-0.15, -0.1) is 0 Å². The molecule has 0 radical (unpaired) electrons. The first-order valence-corrected chi connectivity index (χ1v) is 39.2. The van der Waals surface area contributed by atoms with Gasteiger partial charge in [-0.25, -0.2) is 15.0 Å². The number of amides is 3. The summed E-state index contributed by atoms with van der Waals surface area (Å²) in [7, 11) is 3.63. The molecule has 30 heteroatoms. The lowest BCUT2D eigenvalue weighted by Crippen LogP contribution is -2.45. The lowest BCUT2D eigenvalue weighted by molar-refractivity contribution is -0.139. The lowest BCUT2D eigenvalue weighted by Gasteiger charge is -2.34. The average Bonchev–Trinajstić information content (AvgIpc) is 0.999. The number of halogens is 9. The number of benzene rings is 7. The summed E-state index contributed by atoms with van der Waals surface area (Å²) in [5, 5.41) is 16.0. The molecule has 0 spiro atoms. The molecule has 0 aliphatic carbocycles. The number of nitrogen functional groups attached to an aromatic ring is 3. The van der Waals surface area contributed by atoms with Crippen LogP contribution in [0, 0.1) is 49.4 Å². The second-order valence-corrected chi connectivity index (χ2v) is 29.7. The monoisotopic (exact) mass is 1660 g/mol. The minimum absolute atomic E-state index is 0.0298. The van der Waals surface area contributed by atoms with Gasteiger partial charge in [0.25, 0.3) is 17.7 Å². The van der Waals surface area contributed by atoms with Crippen LogP contribution in [-0.4, -0.2) is 164 Å². The van der Waals surface area contributed by atoms with Crippen molar-refractivity contribution < 1.29 is 58.6 Å². The number of carbonyl (C=O) groups excluding carboxylic acids is 3. The number of nitrogens with zero attached hydrogens (tertiary/aromatic N) is 11. The molecule has 5 aromatic heterocycles. The van der Waals surface area contributed by atoms with Crippen LogP contribution in [0.25, 0.3) is 32.4 Å². The van der Waals surface area contributed by atoms with Gasteiger partial charge < -0.3 is 47.7 Å². The molecule has 0 saturated carbocycles. The highest BCUT2D eigenvalue weighted by molar-refractivity contribution is 6.06. The van der Waals surface area contributed by atoms with E-state index in [9.17, 15) is 53.9 Å². The Hall–Kier alpha value is -13.3. The Bertz CT molecular complexity index is 6110. The van der Waals surface area contributed by atoms with Crippen LogP contribution in [0.1, 0.15) is 116 Å². The summed E-state index contributed by atoms with van der Waals surface area (Å²) >= 11 is 0. The molecule has 122 heavy (non-hydrogen) atoms. The van der Waals surface area contributed by atoms with E-state index in [2.05, 4.69) is 93.2 Å². The molecule has 12 aromatic rings. The molecule has 7 aromatic carbocycles. The molecule has 15 rings (SSSR count). The Morgan fingerprint density at radius 2 is 0.803 bits per heavy atom. The predicted octanol–water partition coefficient (Wildman–Crippen LogP) is 14.9. The Labute approximate surface area is 698 Å². The number of hydrogen-bond acceptors (Lipinski definition) is 17. The van der Waals surface area contributed by atoms with Crippen LogP contribution in [-0.2, 0) is 49.9 Å². The van der Waals surface area contributed by atoms with E-state index in [0.29, 0.717) is 109 Å². The van der Waals surface area contributed by atoms with E-state index in [1.165, 1.54) is 47.1 Å². The number of pyridine rings is 4. The van der Waals surface area contributed by atoms with Crippen LogP contribution in [0.2, 0.25) is 0 Å². The summed E-state index contributed by atoms with van der Waals surface area (Å²) in [6.45, 7) is 15.5. The second kappa shape index (κ2) is 38.0. The van der Waals surface area contributed by atoms with Gasteiger partial charge in [0.2, 0.25) is 0 Å². The SMILES string of the molecule is CCN1CCN(Cc2ccc(NC(=O)c3ccc(C)c(C#Cc4cnc(N)c5ncccc45)c3)cc2C(F)(F)F)CC1.CN1CCN(Cc2ccc(NC(=O)c3cc(C#Cc4cnc(N)c5ccccc45)n(C)n3)cc2C(F)(F)F)CC1.Cc1ccc(C(=O)Nc2ccc(CN3CCOCC3)c(C(F)(F)F)c2)cc1C#Cc1cnc(N)c2ccccc12. The van der Waals surface area contributed by atoms with Gasteiger partial charge in [-0.05, 0) is 134 Å². The summed E-state index contributed by atoms with van der Waals surface area (Å²) in [5.74, 6) is 17.9. The number of fused-ring (bicyclic) bond motifs is 3. The number of rotatable bonds is 13. The van der Waals surface area contributed by atoms with Crippen LogP contribution in [0.15, 0.2) is 183 Å². The Morgan fingerprint density at radius 1 is 0.418 bits per heavy atom. The topological polar surface area (TPSA) is 260 Å². The summed E-state index contributed by atoms with van der Waals surface area (Å²) in [6, 6.07) is 42.0. The van der Waals surface area contributed by atoms with E-state index < -0.39 is 52.9 Å². The molecule has 0 atom stereocenters. The van der Waals surface area contributed by atoms with Gasteiger partial charge in [0.15, 0.2) is 5.69 Å². The fourth-order valence-electron chi connectivity index (χ4n) is 14.2. The number of aromatic nitrogens is 6. The lowest BCUT2D eigenvalue weighted by atomic mass is 10.0. The zero-order valence-electron chi connectivity index (χ0n) is 67.3. The number of likely N-dealkylation sites (N-methyl/N-ethyl adjacent to an activating group) is 2. The molecule has 3 aliphatic heterocycles. The van der Waals surface area contributed by atoms with Crippen molar-refractivity contribution in [2.45, 2.75) is 58.9 Å². The zero-order chi connectivity index (χ0) is 86.6. The molecule has 0 bridgehead atoms. The molecule has 3 fully saturated rings. The van der Waals surface area contributed by atoms with Gasteiger partial charge in [0.05, 0.1) is 46.6 Å². The van der Waals surface area contributed by atoms with Crippen molar-refractivity contribution in [3.63, 3.8) is 0 Å². The number of morpholine rings is 1. The number of alkyl halides is 9. The van der Waals surface area contributed by atoms with Crippen molar-refractivity contribution >= 4 is 84.7 Å². The van der Waals surface area contributed by atoms with Crippen molar-refractivity contribution in [2.75, 3.05) is 125 Å². The first kappa shape index (κ1) is 86.6. The third-order valence-electron chi connectivity index (χ3n) is 21.2. The molecule has 3 saturated heterocycles.